The van der Waals surface area contributed by atoms with Gasteiger partial charge in [-0.05, 0) is 6.92 Å². The molecule has 0 aliphatic rings. The molecule has 0 unspecified atom stereocenters. The van der Waals surface area contributed by atoms with Crippen molar-refractivity contribution in [2.45, 2.75) is 6.92 Å². The largest absolute Gasteiger partial charge is 0.355 e. The summed E-state index contributed by atoms with van der Waals surface area (Å²) in [6.07, 6.45) is 0. The van der Waals surface area contributed by atoms with Crippen molar-refractivity contribution in [2.75, 3.05) is 25.0 Å². The van der Waals surface area contributed by atoms with E-state index in [1.165, 1.54) is 11.3 Å². The van der Waals surface area contributed by atoms with Gasteiger partial charge in [-0.15, -0.1) is 11.3 Å². The minimum Gasteiger partial charge on any atom is -0.355 e. The molecule has 14 heavy (non-hydrogen) atoms. The van der Waals surface area contributed by atoms with E-state index in [-0.39, 0.29) is 5.91 Å². The summed E-state index contributed by atoms with van der Waals surface area (Å²) in [4.78, 5) is 17.0. The fraction of sp³-hybridized carbons (Fsp3) is 0.500. The highest BCUT2D eigenvalue weighted by Gasteiger charge is 2.09. The van der Waals surface area contributed by atoms with E-state index < -0.39 is 0 Å². The number of hydrogen-bond acceptors (Lipinski definition) is 4. The van der Waals surface area contributed by atoms with Gasteiger partial charge < -0.3 is 10.2 Å². The molecular formula is C8H12ClN3OS. The van der Waals surface area contributed by atoms with Gasteiger partial charge in [-0.1, -0.05) is 11.6 Å². The normalized spacial score (nSPS) is 9.93. The predicted molar refractivity (Wildman–Crippen MR) is 59.1 cm³/mol. The average Bonchev–Trinajstić information content (AvgIpc) is 2.52. The number of amides is 1. The predicted octanol–water partition coefficient (Wildman–Crippen LogP) is 1.37. The molecule has 1 N–H and O–H groups in total. The van der Waals surface area contributed by atoms with Crippen molar-refractivity contribution in [3.63, 3.8) is 0 Å². The van der Waals surface area contributed by atoms with Gasteiger partial charge >= 0.3 is 0 Å². The van der Waals surface area contributed by atoms with Crippen LogP contribution in [0, 0.1) is 0 Å². The maximum atomic E-state index is 11.2. The van der Waals surface area contributed by atoms with Crippen molar-refractivity contribution in [3.8, 4) is 0 Å². The van der Waals surface area contributed by atoms with E-state index in [1.54, 1.807) is 10.3 Å². The highest BCUT2D eigenvalue weighted by atomic mass is 35.5. The van der Waals surface area contributed by atoms with Crippen molar-refractivity contribution >= 4 is 34.0 Å². The Morgan fingerprint density at radius 1 is 1.79 bits per heavy atom. The fourth-order valence-corrected chi connectivity index (χ4v) is 1.87. The molecule has 4 nitrogen and oxygen atoms in total. The first-order valence-electron chi connectivity index (χ1n) is 4.22. The minimum atomic E-state index is -0.0127. The molecule has 0 bridgehead atoms. The van der Waals surface area contributed by atoms with Gasteiger partial charge in [0, 0.05) is 19.0 Å². The SMILES string of the molecule is CCNC(=O)CN(C)c1nc(Cl)cs1. The molecule has 0 aliphatic carbocycles. The Morgan fingerprint density at radius 2 is 2.50 bits per heavy atom. The molecule has 1 aromatic heterocycles. The number of likely N-dealkylation sites (N-methyl/N-ethyl adjacent to an activating group) is 2. The van der Waals surface area contributed by atoms with Crippen molar-refractivity contribution < 1.29 is 4.79 Å². The van der Waals surface area contributed by atoms with Gasteiger partial charge in [-0.25, -0.2) is 4.98 Å². The first kappa shape index (κ1) is 11.3. The average molecular weight is 234 g/mol. The summed E-state index contributed by atoms with van der Waals surface area (Å²) in [5.74, 6) is -0.0127. The van der Waals surface area contributed by atoms with Crippen LogP contribution in [-0.2, 0) is 4.79 Å². The summed E-state index contributed by atoms with van der Waals surface area (Å²) >= 11 is 7.09. The summed E-state index contributed by atoms with van der Waals surface area (Å²) in [5, 5.41) is 5.67. The fourth-order valence-electron chi connectivity index (χ4n) is 0.957. The van der Waals surface area contributed by atoms with Gasteiger partial charge in [0.05, 0.1) is 6.54 Å². The summed E-state index contributed by atoms with van der Waals surface area (Å²) in [6, 6.07) is 0. The van der Waals surface area contributed by atoms with Gasteiger partial charge in [-0.3, -0.25) is 4.79 Å². The number of carbonyl (C=O) groups is 1. The first-order chi connectivity index (χ1) is 6.63. The van der Waals surface area contributed by atoms with Crippen LogP contribution in [0.5, 0.6) is 0 Å². The summed E-state index contributed by atoms with van der Waals surface area (Å²) in [7, 11) is 1.81. The number of aromatic nitrogens is 1. The molecule has 0 aliphatic heterocycles. The van der Waals surface area contributed by atoms with Crippen LogP contribution in [0.15, 0.2) is 5.38 Å². The number of nitrogens with zero attached hydrogens (tertiary/aromatic N) is 2. The van der Waals surface area contributed by atoms with Crippen LogP contribution < -0.4 is 10.2 Å². The van der Waals surface area contributed by atoms with Crippen molar-refractivity contribution in [1.82, 2.24) is 10.3 Å². The lowest BCUT2D eigenvalue weighted by atomic mass is 10.5. The zero-order valence-electron chi connectivity index (χ0n) is 8.08. The van der Waals surface area contributed by atoms with E-state index in [9.17, 15) is 4.79 Å². The maximum absolute atomic E-state index is 11.2. The second-order valence-corrected chi connectivity index (χ2v) is 3.99. The lowest BCUT2D eigenvalue weighted by Gasteiger charge is -2.14. The van der Waals surface area contributed by atoms with Crippen molar-refractivity contribution in [3.05, 3.63) is 10.5 Å². The summed E-state index contributed by atoms with van der Waals surface area (Å²) in [6.45, 7) is 2.83. The zero-order chi connectivity index (χ0) is 10.6. The zero-order valence-corrected chi connectivity index (χ0v) is 9.65. The van der Waals surface area contributed by atoms with E-state index in [4.69, 9.17) is 11.6 Å². The Bertz CT molecular complexity index is 315. The molecule has 0 saturated carbocycles. The third kappa shape index (κ3) is 3.16. The van der Waals surface area contributed by atoms with Gasteiger partial charge in [0.2, 0.25) is 5.91 Å². The Hall–Kier alpha value is -0.810. The quantitative estimate of drug-likeness (QED) is 0.855. The van der Waals surface area contributed by atoms with E-state index >= 15 is 0 Å². The third-order valence-corrected chi connectivity index (χ3v) is 2.82. The lowest BCUT2D eigenvalue weighted by Crippen LogP contribution is -2.34. The number of rotatable bonds is 4. The van der Waals surface area contributed by atoms with Crippen LogP contribution in [0.4, 0.5) is 5.13 Å². The second-order valence-electron chi connectivity index (χ2n) is 2.76. The van der Waals surface area contributed by atoms with Crippen LogP contribution in [0.1, 0.15) is 6.92 Å². The van der Waals surface area contributed by atoms with Gasteiger partial charge in [0.15, 0.2) is 5.13 Å². The summed E-state index contributed by atoms with van der Waals surface area (Å²) in [5.41, 5.74) is 0. The maximum Gasteiger partial charge on any atom is 0.239 e. The number of nitrogens with one attached hydrogen (secondary N) is 1. The molecule has 0 radical (unpaired) electrons. The molecule has 0 spiro atoms. The molecule has 1 heterocycles. The smallest absolute Gasteiger partial charge is 0.239 e. The Labute approximate surface area is 91.9 Å². The molecule has 78 valence electrons. The standard InChI is InChI=1S/C8H12ClN3OS/c1-3-10-7(13)4-12(2)8-11-6(9)5-14-8/h5H,3-4H2,1-2H3,(H,10,13). The monoisotopic (exact) mass is 233 g/mol. The van der Waals surface area contributed by atoms with Crippen LogP contribution in [0.25, 0.3) is 0 Å². The van der Waals surface area contributed by atoms with Gasteiger partial charge in [-0.2, -0.15) is 0 Å². The molecular weight excluding hydrogens is 222 g/mol. The van der Waals surface area contributed by atoms with Crippen LogP contribution in [0.2, 0.25) is 5.15 Å². The van der Waals surface area contributed by atoms with Crippen LogP contribution in [0.3, 0.4) is 0 Å². The van der Waals surface area contributed by atoms with E-state index in [0.717, 1.165) is 5.13 Å². The number of anilines is 1. The number of halogens is 1. The van der Waals surface area contributed by atoms with E-state index in [1.807, 2.05) is 14.0 Å². The second kappa shape index (κ2) is 5.17. The molecule has 1 amide bonds. The molecule has 1 aromatic rings. The molecule has 0 fully saturated rings. The number of carbonyl (C=O) groups excluding carboxylic acids is 1. The van der Waals surface area contributed by atoms with Crippen molar-refractivity contribution in [2.24, 2.45) is 0 Å². The van der Waals surface area contributed by atoms with Crippen LogP contribution in [-0.4, -0.2) is 31.0 Å². The number of hydrogen-bond donors (Lipinski definition) is 1. The Morgan fingerprint density at radius 3 is 3.00 bits per heavy atom. The first-order valence-corrected chi connectivity index (χ1v) is 5.48. The third-order valence-electron chi connectivity index (χ3n) is 1.55. The molecule has 6 heteroatoms. The van der Waals surface area contributed by atoms with Crippen molar-refractivity contribution in [1.29, 1.82) is 0 Å². The van der Waals surface area contributed by atoms with Gasteiger partial charge in [0.25, 0.3) is 0 Å². The molecule has 0 saturated heterocycles. The summed E-state index contributed by atoms with van der Waals surface area (Å²) < 4.78 is 0. The highest BCUT2D eigenvalue weighted by molar-refractivity contribution is 7.14. The lowest BCUT2D eigenvalue weighted by molar-refractivity contribution is -0.119. The van der Waals surface area contributed by atoms with Crippen LogP contribution >= 0.6 is 22.9 Å². The van der Waals surface area contributed by atoms with E-state index in [0.29, 0.717) is 18.2 Å². The molecule has 0 aromatic carbocycles. The topological polar surface area (TPSA) is 45.2 Å². The minimum absolute atomic E-state index is 0.0127. The highest BCUT2D eigenvalue weighted by Crippen LogP contribution is 2.21. The molecule has 1 rings (SSSR count). The van der Waals surface area contributed by atoms with E-state index in [2.05, 4.69) is 10.3 Å². The Balaban J connectivity index is 2.50. The van der Waals surface area contributed by atoms with Gasteiger partial charge in [0.1, 0.15) is 5.15 Å². The Kier molecular flexibility index (Phi) is 4.16. The molecule has 0 atom stereocenters. The number of thiazole rings is 1.